The lowest BCUT2D eigenvalue weighted by Crippen LogP contribution is -2.25. The van der Waals surface area contributed by atoms with Crippen molar-refractivity contribution >= 4 is 45.0 Å². The number of aryl methyl sites for hydroxylation is 1. The molecule has 0 fully saturated rings. The number of halogens is 3. The average Bonchev–Trinajstić information content (AvgIpc) is 2.52. The minimum absolute atomic E-state index is 0.0342. The molecule has 0 saturated heterocycles. The Bertz CT molecular complexity index is 762. The highest BCUT2D eigenvalue weighted by atomic mass is 79.9. The number of pyridine rings is 1. The molecule has 7 heteroatoms. The maximum atomic E-state index is 12.0. The Hall–Kier alpha value is -1.30. The average molecular weight is 418 g/mol. The van der Waals surface area contributed by atoms with Crippen molar-refractivity contribution in [1.82, 2.24) is 9.88 Å². The maximum absolute atomic E-state index is 12.0. The Balaban J connectivity index is 1.77. The van der Waals surface area contributed by atoms with Crippen LogP contribution in [0.3, 0.4) is 0 Å². The van der Waals surface area contributed by atoms with Crippen LogP contribution >= 0.6 is 39.1 Å². The number of rotatable bonds is 6. The van der Waals surface area contributed by atoms with Gasteiger partial charge in [-0.2, -0.15) is 0 Å². The fourth-order valence-electron chi connectivity index (χ4n) is 2.03. The van der Waals surface area contributed by atoms with Crippen LogP contribution in [0.1, 0.15) is 23.2 Å². The van der Waals surface area contributed by atoms with Crippen molar-refractivity contribution < 1.29 is 4.79 Å². The molecule has 4 nitrogen and oxygen atoms in total. The van der Waals surface area contributed by atoms with Crippen LogP contribution < -0.4 is 10.9 Å². The number of hydrogen-bond donors (Lipinski definition) is 1. The van der Waals surface area contributed by atoms with E-state index in [1.54, 1.807) is 35.0 Å². The molecule has 1 aromatic carbocycles. The van der Waals surface area contributed by atoms with E-state index in [2.05, 4.69) is 21.2 Å². The van der Waals surface area contributed by atoms with Gasteiger partial charge >= 0.3 is 0 Å². The minimum atomic E-state index is -0.191. The number of benzene rings is 1. The van der Waals surface area contributed by atoms with Gasteiger partial charge in [0, 0.05) is 35.4 Å². The van der Waals surface area contributed by atoms with Gasteiger partial charge in [-0.3, -0.25) is 9.59 Å². The van der Waals surface area contributed by atoms with Gasteiger partial charge in [-0.05, 0) is 53.0 Å². The summed E-state index contributed by atoms with van der Waals surface area (Å²) >= 11 is 15.0. The Morgan fingerprint density at radius 3 is 2.65 bits per heavy atom. The molecule has 1 heterocycles. The number of hydrogen-bond acceptors (Lipinski definition) is 2. The summed E-state index contributed by atoms with van der Waals surface area (Å²) in [6.45, 7) is 1.14. The Morgan fingerprint density at radius 2 is 1.91 bits per heavy atom. The standard InChI is InChI=1S/C16H15BrCl2N2O2/c17-12-4-6-15(22)21(10-12)8-2-1-7-20-16(23)11-3-5-13(18)14(19)9-11/h3-6,9-10H,1-2,7-8H2,(H,20,23). The van der Waals surface area contributed by atoms with Gasteiger partial charge in [-0.25, -0.2) is 0 Å². The van der Waals surface area contributed by atoms with Gasteiger partial charge in [0.25, 0.3) is 11.5 Å². The molecule has 0 aliphatic rings. The predicted molar refractivity (Wildman–Crippen MR) is 96.4 cm³/mol. The molecule has 0 saturated carbocycles. The Morgan fingerprint density at radius 1 is 1.13 bits per heavy atom. The van der Waals surface area contributed by atoms with Crippen LogP contribution in [0, 0.1) is 0 Å². The van der Waals surface area contributed by atoms with Gasteiger partial charge in [-0.1, -0.05) is 23.2 Å². The van der Waals surface area contributed by atoms with Crippen molar-refractivity contribution in [3.63, 3.8) is 0 Å². The molecule has 0 unspecified atom stereocenters. The van der Waals surface area contributed by atoms with E-state index in [0.717, 1.165) is 17.3 Å². The topological polar surface area (TPSA) is 51.1 Å². The lowest BCUT2D eigenvalue weighted by atomic mass is 10.2. The van der Waals surface area contributed by atoms with Crippen molar-refractivity contribution in [3.8, 4) is 0 Å². The lowest BCUT2D eigenvalue weighted by Gasteiger charge is -2.08. The van der Waals surface area contributed by atoms with Gasteiger partial charge in [-0.15, -0.1) is 0 Å². The van der Waals surface area contributed by atoms with Crippen molar-refractivity contribution in [2.24, 2.45) is 0 Å². The summed E-state index contributed by atoms with van der Waals surface area (Å²) in [7, 11) is 0. The molecule has 1 amide bonds. The first-order valence-corrected chi connectivity index (χ1v) is 8.61. The first kappa shape index (κ1) is 18.0. The zero-order valence-electron chi connectivity index (χ0n) is 12.2. The monoisotopic (exact) mass is 416 g/mol. The van der Waals surface area contributed by atoms with Crippen LogP contribution in [0.2, 0.25) is 10.0 Å². The normalized spacial score (nSPS) is 10.6. The zero-order chi connectivity index (χ0) is 16.8. The van der Waals surface area contributed by atoms with Crippen LogP contribution in [0.15, 0.2) is 45.8 Å². The quantitative estimate of drug-likeness (QED) is 0.718. The van der Waals surface area contributed by atoms with Crippen LogP contribution in [0.25, 0.3) is 0 Å². The number of aromatic nitrogens is 1. The summed E-state index contributed by atoms with van der Waals surface area (Å²) < 4.78 is 2.51. The van der Waals surface area contributed by atoms with E-state index in [1.807, 2.05) is 0 Å². The predicted octanol–water partition coefficient (Wildman–Crippen LogP) is 4.13. The van der Waals surface area contributed by atoms with Gasteiger partial charge in [0.05, 0.1) is 10.0 Å². The largest absolute Gasteiger partial charge is 0.352 e. The number of carbonyl (C=O) groups is 1. The summed E-state index contributed by atoms with van der Waals surface area (Å²) in [5.41, 5.74) is 0.440. The van der Waals surface area contributed by atoms with E-state index in [1.165, 1.54) is 6.07 Å². The van der Waals surface area contributed by atoms with E-state index in [-0.39, 0.29) is 11.5 Å². The zero-order valence-corrected chi connectivity index (χ0v) is 15.3. The molecule has 0 aliphatic heterocycles. The van der Waals surface area contributed by atoms with Crippen molar-refractivity contribution in [1.29, 1.82) is 0 Å². The highest BCUT2D eigenvalue weighted by Crippen LogP contribution is 2.22. The van der Waals surface area contributed by atoms with Gasteiger partial charge in [0.15, 0.2) is 0 Å². The van der Waals surface area contributed by atoms with Gasteiger partial charge < -0.3 is 9.88 Å². The number of carbonyl (C=O) groups excluding carboxylic acids is 1. The van der Waals surface area contributed by atoms with E-state index < -0.39 is 0 Å². The molecule has 0 aliphatic carbocycles. The van der Waals surface area contributed by atoms with Gasteiger partial charge in [0.1, 0.15) is 0 Å². The summed E-state index contributed by atoms with van der Waals surface area (Å²) in [6.07, 6.45) is 3.32. The molecule has 1 N–H and O–H groups in total. The molecule has 0 spiro atoms. The summed E-state index contributed by atoms with van der Waals surface area (Å²) in [5.74, 6) is -0.191. The highest BCUT2D eigenvalue weighted by Gasteiger charge is 2.07. The number of nitrogens with one attached hydrogen (secondary N) is 1. The second-order valence-electron chi connectivity index (χ2n) is 4.97. The third-order valence-corrected chi connectivity index (χ3v) is 4.45. The van der Waals surface area contributed by atoms with Crippen molar-refractivity contribution in [2.45, 2.75) is 19.4 Å². The highest BCUT2D eigenvalue weighted by molar-refractivity contribution is 9.10. The maximum Gasteiger partial charge on any atom is 0.251 e. The van der Waals surface area contributed by atoms with Crippen molar-refractivity contribution in [2.75, 3.05) is 6.54 Å². The van der Waals surface area contributed by atoms with E-state index in [0.29, 0.717) is 28.7 Å². The Labute approximate surface area is 152 Å². The van der Waals surface area contributed by atoms with E-state index in [9.17, 15) is 9.59 Å². The van der Waals surface area contributed by atoms with Gasteiger partial charge in [0.2, 0.25) is 0 Å². The molecule has 1 aromatic heterocycles. The molecule has 0 radical (unpaired) electrons. The first-order chi connectivity index (χ1) is 11.0. The third-order valence-electron chi connectivity index (χ3n) is 3.24. The third kappa shape index (κ3) is 5.37. The van der Waals surface area contributed by atoms with Crippen LogP contribution in [0.4, 0.5) is 0 Å². The summed E-state index contributed by atoms with van der Waals surface area (Å²) in [6, 6.07) is 8.01. The molecule has 0 bridgehead atoms. The summed E-state index contributed by atoms with van der Waals surface area (Å²) in [4.78, 5) is 23.6. The van der Waals surface area contributed by atoms with Crippen LogP contribution in [-0.4, -0.2) is 17.0 Å². The second kappa shape index (κ2) is 8.52. The number of amides is 1. The molecular formula is C16H15BrCl2N2O2. The SMILES string of the molecule is O=C(NCCCCn1cc(Br)ccc1=O)c1ccc(Cl)c(Cl)c1. The Kier molecular flexibility index (Phi) is 6.69. The number of nitrogens with zero attached hydrogens (tertiary/aromatic N) is 1. The van der Waals surface area contributed by atoms with Crippen LogP contribution in [-0.2, 0) is 6.54 Å². The molecule has 0 atom stereocenters. The summed E-state index contributed by atoms with van der Waals surface area (Å²) in [5, 5.41) is 3.59. The lowest BCUT2D eigenvalue weighted by molar-refractivity contribution is 0.0953. The molecule has 122 valence electrons. The molecule has 2 rings (SSSR count). The minimum Gasteiger partial charge on any atom is -0.352 e. The molecular weight excluding hydrogens is 403 g/mol. The first-order valence-electron chi connectivity index (χ1n) is 7.06. The van der Waals surface area contributed by atoms with Crippen molar-refractivity contribution in [3.05, 3.63) is 67.0 Å². The van der Waals surface area contributed by atoms with Crippen LogP contribution in [0.5, 0.6) is 0 Å². The van der Waals surface area contributed by atoms with E-state index >= 15 is 0 Å². The fourth-order valence-corrected chi connectivity index (χ4v) is 2.70. The molecule has 2 aromatic rings. The van der Waals surface area contributed by atoms with E-state index in [4.69, 9.17) is 23.2 Å². The second-order valence-corrected chi connectivity index (χ2v) is 6.70. The number of unbranched alkanes of at least 4 members (excludes halogenated alkanes) is 1. The smallest absolute Gasteiger partial charge is 0.251 e. The molecule has 23 heavy (non-hydrogen) atoms. The fraction of sp³-hybridized carbons (Fsp3) is 0.250.